The third-order valence-electron chi connectivity index (χ3n) is 6.61. The number of benzene rings is 1. The molecule has 6 heteroatoms. The highest BCUT2D eigenvalue weighted by Gasteiger charge is 2.43. The van der Waals surface area contributed by atoms with Crippen LogP contribution in [0.2, 0.25) is 0 Å². The molecule has 3 aliphatic rings. The first-order valence-corrected chi connectivity index (χ1v) is 10.9. The summed E-state index contributed by atoms with van der Waals surface area (Å²) >= 11 is 0. The molecule has 5 rings (SSSR count). The van der Waals surface area contributed by atoms with Crippen molar-refractivity contribution in [3.05, 3.63) is 47.8 Å². The molecular formula is C23H30N4O2. The number of nitrogens with zero attached hydrogens (tertiary/aromatic N) is 3. The summed E-state index contributed by atoms with van der Waals surface area (Å²) in [6, 6.07) is 8.72. The first-order valence-electron chi connectivity index (χ1n) is 10.9. The number of aryl methyl sites for hydroxylation is 1. The van der Waals surface area contributed by atoms with Gasteiger partial charge in [0.05, 0.1) is 6.20 Å². The van der Waals surface area contributed by atoms with Gasteiger partial charge < -0.3 is 10.1 Å². The fraction of sp³-hybridized carbons (Fsp3) is 0.565. The maximum atomic E-state index is 12.5. The number of fused-ring (bicyclic) bond motifs is 1. The molecule has 154 valence electrons. The summed E-state index contributed by atoms with van der Waals surface area (Å²) < 4.78 is 8.45. The van der Waals surface area contributed by atoms with Crippen LogP contribution in [0.5, 0.6) is 5.75 Å². The minimum atomic E-state index is -0.148. The number of carbonyl (C=O) groups is 1. The lowest BCUT2D eigenvalue weighted by atomic mass is 9.76. The molecule has 1 aromatic carbocycles. The van der Waals surface area contributed by atoms with Crippen LogP contribution in [0.25, 0.3) is 0 Å². The van der Waals surface area contributed by atoms with E-state index in [-0.39, 0.29) is 17.4 Å². The summed E-state index contributed by atoms with van der Waals surface area (Å²) in [5.41, 5.74) is 2.31. The second-order valence-corrected chi connectivity index (χ2v) is 9.07. The van der Waals surface area contributed by atoms with Crippen molar-refractivity contribution >= 4 is 5.91 Å². The van der Waals surface area contributed by atoms with Crippen molar-refractivity contribution in [2.45, 2.75) is 62.6 Å². The maximum Gasteiger partial charge on any atom is 0.220 e. The average Bonchev–Trinajstić information content (AvgIpc) is 3.42. The molecule has 1 aromatic heterocycles. The fourth-order valence-corrected chi connectivity index (χ4v) is 4.90. The zero-order valence-electron chi connectivity index (χ0n) is 17.1. The molecule has 1 aliphatic carbocycles. The molecule has 2 aliphatic heterocycles. The van der Waals surface area contributed by atoms with Crippen LogP contribution in [0.1, 0.15) is 55.6 Å². The van der Waals surface area contributed by atoms with Gasteiger partial charge in [-0.25, -0.2) is 0 Å². The quantitative estimate of drug-likeness (QED) is 0.847. The summed E-state index contributed by atoms with van der Waals surface area (Å²) in [5, 5.41) is 7.44. The van der Waals surface area contributed by atoms with Crippen LogP contribution in [0, 0.1) is 0 Å². The highest BCUT2D eigenvalue weighted by Crippen LogP contribution is 2.46. The van der Waals surface area contributed by atoms with Crippen LogP contribution in [0.15, 0.2) is 36.7 Å². The molecule has 1 amide bonds. The van der Waals surface area contributed by atoms with Gasteiger partial charge in [-0.2, -0.15) is 5.10 Å². The Balaban J connectivity index is 1.27. The number of nitrogens with one attached hydrogen (secondary N) is 1. The molecule has 6 nitrogen and oxygen atoms in total. The Kier molecular flexibility index (Phi) is 4.82. The normalized spacial score (nSPS) is 23.4. The first kappa shape index (κ1) is 18.7. The van der Waals surface area contributed by atoms with Crippen molar-refractivity contribution in [2.75, 3.05) is 13.1 Å². The van der Waals surface area contributed by atoms with E-state index in [0.717, 1.165) is 57.5 Å². The van der Waals surface area contributed by atoms with Crippen LogP contribution >= 0.6 is 0 Å². The predicted octanol–water partition coefficient (Wildman–Crippen LogP) is 2.99. The van der Waals surface area contributed by atoms with Crippen LogP contribution in [0.3, 0.4) is 0 Å². The van der Waals surface area contributed by atoms with Gasteiger partial charge in [-0.3, -0.25) is 14.4 Å². The molecule has 0 bridgehead atoms. The number of carbonyl (C=O) groups excluding carboxylic acids is 1. The van der Waals surface area contributed by atoms with E-state index in [1.54, 1.807) is 0 Å². The smallest absolute Gasteiger partial charge is 0.220 e. The molecule has 29 heavy (non-hydrogen) atoms. The minimum Gasteiger partial charge on any atom is -0.487 e. The molecule has 1 atom stereocenters. The van der Waals surface area contributed by atoms with Gasteiger partial charge in [-0.15, -0.1) is 0 Å². The molecule has 0 unspecified atom stereocenters. The Labute approximate surface area is 172 Å². The summed E-state index contributed by atoms with van der Waals surface area (Å²) in [4.78, 5) is 15.0. The van der Waals surface area contributed by atoms with Gasteiger partial charge in [-0.1, -0.05) is 18.2 Å². The van der Waals surface area contributed by atoms with E-state index in [9.17, 15) is 4.79 Å². The van der Waals surface area contributed by atoms with E-state index in [0.29, 0.717) is 12.5 Å². The summed E-state index contributed by atoms with van der Waals surface area (Å²) in [7, 11) is 1.96. The molecular weight excluding hydrogens is 364 g/mol. The van der Waals surface area contributed by atoms with E-state index in [1.165, 1.54) is 11.1 Å². The summed E-state index contributed by atoms with van der Waals surface area (Å²) in [6.45, 7) is 2.96. The summed E-state index contributed by atoms with van der Waals surface area (Å²) in [5.74, 6) is 1.41. The third kappa shape index (κ3) is 4.17. The molecule has 1 saturated heterocycles. The van der Waals surface area contributed by atoms with Gasteiger partial charge in [0, 0.05) is 56.8 Å². The first-order chi connectivity index (χ1) is 14.1. The molecule has 1 N–H and O–H groups in total. The van der Waals surface area contributed by atoms with Crippen LogP contribution in [0.4, 0.5) is 0 Å². The molecule has 2 fully saturated rings. The molecule has 1 spiro atoms. The van der Waals surface area contributed by atoms with Crippen molar-refractivity contribution in [1.29, 1.82) is 0 Å². The Bertz CT molecular complexity index is 881. The van der Waals surface area contributed by atoms with E-state index < -0.39 is 0 Å². The number of rotatable bonds is 5. The number of amides is 1. The van der Waals surface area contributed by atoms with Crippen molar-refractivity contribution < 1.29 is 9.53 Å². The zero-order chi connectivity index (χ0) is 19.8. The van der Waals surface area contributed by atoms with Gasteiger partial charge in [0.25, 0.3) is 0 Å². The Morgan fingerprint density at radius 1 is 1.28 bits per heavy atom. The standard InChI is InChI=1S/C23H30N4O2/c1-26-15-17(14-24-26)16-27-10-8-23(9-11-27)13-18(12-22(28)25-19-6-7-19)20-4-2-3-5-21(20)29-23/h2-5,14-15,18-19H,6-13,16H2,1H3,(H,25,28)/t18-/m1/s1. The molecule has 3 heterocycles. The second kappa shape index (κ2) is 7.48. The van der Waals surface area contributed by atoms with E-state index in [2.05, 4.69) is 39.7 Å². The van der Waals surface area contributed by atoms with Gasteiger partial charge >= 0.3 is 0 Å². The lowest BCUT2D eigenvalue weighted by Gasteiger charge is -2.47. The lowest BCUT2D eigenvalue weighted by Crippen LogP contribution is -2.50. The second-order valence-electron chi connectivity index (χ2n) is 9.07. The van der Waals surface area contributed by atoms with Gasteiger partial charge in [0.2, 0.25) is 5.91 Å². The maximum absolute atomic E-state index is 12.5. The lowest BCUT2D eigenvalue weighted by molar-refractivity contribution is -0.122. The molecule has 1 saturated carbocycles. The highest BCUT2D eigenvalue weighted by atomic mass is 16.5. The minimum absolute atomic E-state index is 0.148. The largest absolute Gasteiger partial charge is 0.487 e. The van der Waals surface area contributed by atoms with E-state index in [1.807, 2.05) is 24.0 Å². The van der Waals surface area contributed by atoms with Gasteiger partial charge in [0.15, 0.2) is 0 Å². The number of likely N-dealkylation sites (tertiary alicyclic amines) is 1. The monoisotopic (exact) mass is 394 g/mol. The van der Waals surface area contributed by atoms with Crippen molar-refractivity contribution in [2.24, 2.45) is 7.05 Å². The van der Waals surface area contributed by atoms with Crippen LogP contribution < -0.4 is 10.1 Å². The SMILES string of the molecule is Cn1cc(CN2CCC3(CC2)C[C@@H](CC(=O)NC2CC2)c2ccccc2O3)cn1. The number of aromatic nitrogens is 2. The fourth-order valence-electron chi connectivity index (χ4n) is 4.90. The number of para-hydroxylation sites is 1. The number of piperidine rings is 1. The number of ether oxygens (including phenoxy) is 1. The van der Waals surface area contributed by atoms with Crippen molar-refractivity contribution in [3.8, 4) is 5.75 Å². The topological polar surface area (TPSA) is 59.4 Å². The van der Waals surface area contributed by atoms with Gasteiger partial charge in [-0.05, 0) is 43.7 Å². The number of hydrogen-bond acceptors (Lipinski definition) is 4. The Hall–Kier alpha value is -2.34. The van der Waals surface area contributed by atoms with Crippen molar-refractivity contribution in [3.63, 3.8) is 0 Å². The predicted molar refractivity (Wildman–Crippen MR) is 111 cm³/mol. The van der Waals surface area contributed by atoms with Crippen LogP contribution in [-0.2, 0) is 18.4 Å². The Morgan fingerprint density at radius 3 is 2.79 bits per heavy atom. The average molecular weight is 395 g/mol. The summed E-state index contributed by atoms with van der Waals surface area (Å²) in [6.07, 6.45) is 9.81. The highest BCUT2D eigenvalue weighted by molar-refractivity contribution is 5.77. The van der Waals surface area contributed by atoms with E-state index in [4.69, 9.17) is 4.74 Å². The third-order valence-corrected chi connectivity index (χ3v) is 6.61. The molecule has 0 radical (unpaired) electrons. The Morgan fingerprint density at radius 2 is 2.07 bits per heavy atom. The zero-order valence-corrected chi connectivity index (χ0v) is 17.1. The van der Waals surface area contributed by atoms with E-state index >= 15 is 0 Å². The van der Waals surface area contributed by atoms with Crippen LogP contribution in [-0.4, -0.2) is 45.3 Å². The van der Waals surface area contributed by atoms with Crippen molar-refractivity contribution in [1.82, 2.24) is 20.0 Å². The van der Waals surface area contributed by atoms with Gasteiger partial charge in [0.1, 0.15) is 11.4 Å². The molecule has 2 aromatic rings. The number of hydrogen-bond donors (Lipinski definition) is 1.